The van der Waals surface area contributed by atoms with Crippen LogP contribution < -0.4 is 4.74 Å². The molecular formula is C24H25N3O2. The van der Waals surface area contributed by atoms with E-state index in [1.807, 2.05) is 66.7 Å². The normalized spacial score (nSPS) is 13.2. The lowest BCUT2D eigenvalue weighted by atomic mass is 10.0. The van der Waals surface area contributed by atoms with Gasteiger partial charge in [-0.1, -0.05) is 48.5 Å². The van der Waals surface area contributed by atoms with Gasteiger partial charge >= 0.3 is 0 Å². The third-order valence-electron chi connectivity index (χ3n) is 5.12. The van der Waals surface area contributed by atoms with Gasteiger partial charge in [-0.3, -0.25) is 10.8 Å². The molecule has 29 heavy (non-hydrogen) atoms. The molecule has 0 atom stereocenters. The number of ether oxygens (including phenoxy) is 2. The van der Waals surface area contributed by atoms with E-state index in [4.69, 9.17) is 20.3 Å². The molecule has 0 saturated carbocycles. The number of hydrogen-bond acceptors (Lipinski definition) is 4. The van der Waals surface area contributed by atoms with Crippen LogP contribution in [0.25, 0.3) is 10.8 Å². The molecule has 5 nitrogen and oxygen atoms in total. The van der Waals surface area contributed by atoms with Gasteiger partial charge in [-0.25, -0.2) is 0 Å². The van der Waals surface area contributed by atoms with Crippen LogP contribution in [-0.4, -0.2) is 42.9 Å². The second-order valence-corrected chi connectivity index (χ2v) is 7.04. The maximum Gasteiger partial charge on any atom is 0.135 e. The quantitative estimate of drug-likeness (QED) is 0.524. The molecule has 0 amide bonds. The van der Waals surface area contributed by atoms with Crippen LogP contribution in [0.15, 0.2) is 66.7 Å². The van der Waals surface area contributed by atoms with Gasteiger partial charge < -0.3 is 14.4 Å². The summed E-state index contributed by atoms with van der Waals surface area (Å²) in [7, 11) is 0. The lowest BCUT2D eigenvalue weighted by molar-refractivity contribution is 0.0971. The molecule has 0 saturated heterocycles. The minimum absolute atomic E-state index is 0.424. The third-order valence-corrected chi connectivity index (χ3v) is 5.12. The average Bonchev–Trinajstić information content (AvgIpc) is 3.01. The van der Waals surface area contributed by atoms with Crippen molar-refractivity contribution in [2.24, 2.45) is 0 Å². The molecule has 3 aromatic rings. The summed E-state index contributed by atoms with van der Waals surface area (Å²) in [4.78, 5) is 1.80. The lowest BCUT2D eigenvalue weighted by Gasteiger charge is -2.18. The molecule has 1 heterocycles. The smallest absolute Gasteiger partial charge is 0.135 e. The zero-order chi connectivity index (χ0) is 20.1. The molecule has 1 aliphatic heterocycles. The second kappa shape index (κ2) is 8.88. The van der Waals surface area contributed by atoms with Crippen molar-refractivity contribution in [1.82, 2.24) is 4.90 Å². The van der Waals surface area contributed by atoms with E-state index < -0.39 is 0 Å². The van der Waals surface area contributed by atoms with Gasteiger partial charge in [0.25, 0.3) is 0 Å². The first-order valence-corrected chi connectivity index (χ1v) is 9.98. The van der Waals surface area contributed by atoms with E-state index in [9.17, 15) is 0 Å². The maximum absolute atomic E-state index is 8.59. The van der Waals surface area contributed by atoms with Crippen LogP contribution in [0.1, 0.15) is 24.0 Å². The minimum Gasteiger partial charge on any atom is -0.491 e. The van der Waals surface area contributed by atoms with Gasteiger partial charge in [-0.05, 0) is 41.8 Å². The molecule has 0 aliphatic carbocycles. The van der Waals surface area contributed by atoms with Crippen LogP contribution in [-0.2, 0) is 4.74 Å². The van der Waals surface area contributed by atoms with Crippen molar-refractivity contribution < 1.29 is 9.47 Å². The second-order valence-electron chi connectivity index (χ2n) is 7.04. The summed E-state index contributed by atoms with van der Waals surface area (Å²) in [5.41, 5.74) is 1.73. The van der Waals surface area contributed by atoms with E-state index in [0.717, 1.165) is 40.5 Å². The van der Waals surface area contributed by atoms with E-state index >= 15 is 0 Å². The third kappa shape index (κ3) is 4.15. The van der Waals surface area contributed by atoms with Gasteiger partial charge in [-0.2, -0.15) is 0 Å². The average molecular weight is 387 g/mol. The summed E-state index contributed by atoms with van der Waals surface area (Å²) in [5, 5.41) is 19.2. The SMILES string of the molecule is N=C1c2ccc3ccccc3c2C(=N)N1CCCCOCCOc1ccccc1. The maximum atomic E-state index is 8.59. The van der Waals surface area contributed by atoms with E-state index in [-0.39, 0.29) is 0 Å². The summed E-state index contributed by atoms with van der Waals surface area (Å²) >= 11 is 0. The van der Waals surface area contributed by atoms with Gasteiger partial charge in [0.05, 0.1) is 6.61 Å². The fourth-order valence-corrected chi connectivity index (χ4v) is 3.65. The molecule has 0 bridgehead atoms. The summed E-state index contributed by atoms with van der Waals surface area (Å²) in [6.07, 6.45) is 1.76. The predicted octanol–water partition coefficient (Wildman–Crippen LogP) is 4.68. The Balaban J connectivity index is 1.22. The fourth-order valence-electron chi connectivity index (χ4n) is 3.65. The van der Waals surface area contributed by atoms with Crippen LogP contribution in [0.2, 0.25) is 0 Å². The molecule has 4 rings (SSSR count). The predicted molar refractivity (Wildman–Crippen MR) is 116 cm³/mol. The highest BCUT2D eigenvalue weighted by Gasteiger charge is 2.30. The van der Waals surface area contributed by atoms with Crippen LogP contribution in [0.3, 0.4) is 0 Å². The van der Waals surface area contributed by atoms with Crippen molar-refractivity contribution in [2.45, 2.75) is 12.8 Å². The van der Waals surface area contributed by atoms with E-state index in [1.165, 1.54) is 0 Å². The van der Waals surface area contributed by atoms with E-state index in [0.29, 0.717) is 38.0 Å². The Hall–Kier alpha value is -3.18. The number of amidine groups is 2. The van der Waals surface area contributed by atoms with E-state index in [2.05, 4.69) is 0 Å². The van der Waals surface area contributed by atoms with Gasteiger partial charge in [-0.15, -0.1) is 0 Å². The monoisotopic (exact) mass is 387 g/mol. The number of unbranched alkanes of at least 4 members (excludes halogenated alkanes) is 1. The summed E-state index contributed by atoms with van der Waals surface area (Å²) in [6.45, 7) is 2.41. The molecule has 0 aromatic heterocycles. The van der Waals surface area contributed by atoms with Crippen molar-refractivity contribution >= 4 is 22.4 Å². The van der Waals surface area contributed by atoms with Crippen LogP contribution >= 0.6 is 0 Å². The van der Waals surface area contributed by atoms with Crippen LogP contribution in [0, 0.1) is 10.8 Å². The van der Waals surface area contributed by atoms with E-state index in [1.54, 1.807) is 4.90 Å². The Kier molecular flexibility index (Phi) is 5.86. The minimum atomic E-state index is 0.424. The Labute approximate surface area is 170 Å². The van der Waals surface area contributed by atoms with Crippen molar-refractivity contribution in [3.8, 4) is 5.75 Å². The van der Waals surface area contributed by atoms with Gasteiger partial charge in [0.15, 0.2) is 0 Å². The number of nitrogens with one attached hydrogen (secondary N) is 2. The largest absolute Gasteiger partial charge is 0.491 e. The molecule has 0 unspecified atom stereocenters. The number of fused-ring (bicyclic) bond motifs is 3. The molecule has 2 N–H and O–H groups in total. The topological polar surface area (TPSA) is 69.4 Å². The number of benzene rings is 3. The van der Waals surface area contributed by atoms with Crippen LogP contribution in [0.4, 0.5) is 0 Å². The summed E-state index contributed by atoms with van der Waals surface area (Å²) in [5.74, 6) is 1.71. The van der Waals surface area contributed by atoms with Crippen molar-refractivity contribution in [2.75, 3.05) is 26.4 Å². The molecule has 0 radical (unpaired) electrons. The molecule has 0 spiro atoms. The number of nitrogens with zero attached hydrogens (tertiary/aromatic N) is 1. The first-order valence-electron chi connectivity index (χ1n) is 9.98. The number of para-hydroxylation sites is 1. The highest BCUT2D eigenvalue weighted by atomic mass is 16.5. The van der Waals surface area contributed by atoms with Crippen molar-refractivity contribution in [1.29, 1.82) is 10.8 Å². The summed E-state index contributed by atoms with van der Waals surface area (Å²) in [6, 6.07) is 21.8. The van der Waals surface area contributed by atoms with Crippen LogP contribution in [0.5, 0.6) is 5.75 Å². The fraction of sp³-hybridized carbons (Fsp3) is 0.250. The Morgan fingerprint density at radius 2 is 1.52 bits per heavy atom. The molecular weight excluding hydrogens is 362 g/mol. The Morgan fingerprint density at radius 1 is 0.724 bits per heavy atom. The summed E-state index contributed by atoms with van der Waals surface area (Å²) < 4.78 is 11.2. The van der Waals surface area contributed by atoms with Crippen molar-refractivity contribution in [3.05, 3.63) is 77.9 Å². The zero-order valence-corrected chi connectivity index (χ0v) is 16.4. The standard InChI is InChI=1S/C24H25N3O2/c25-23-21-13-12-18-8-4-5-11-20(18)22(21)24(26)27(23)14-6-7-15-28-16-17-29-19-9-2-1-3-10-19/h1-5,8-13,25-26H,6-7,14-17H2. The molecule has 3 aromatic carbocycles. The van der Waals surface area contributed by atoms with Gasteiger partial charge in [0.1, 0.15) is 24.0 Å². The Bertz CT molecular complexity index is 1020. The zero-order valence-electron chi connectivity index (χ0n) is 16.4. The van der Waals surface area contributed by atoms with Gasteiger partial charge in [0.2, 0.25) is 0 Å². The first-order chi connectivity index (χ1) is 14.3. The molecule has 5 heteroatoms. The number of hydrogen-bond donors (Lipinski definition) is 2. The lowest BCUT2D eigenvalue weighted by Crippen LogP contribution is -2.31. The highest BCUT2D eigenvalue weighted by Crippen LogP contribution is 2.30. The first kappa shape index (κ1) is 19.2. The highest BCUT2D eigenvalue weighted by molar-refractivity contribution is 6.28. The molecule has 148 valence electrons. The Morgan fingerprint density at radius 3 is 2.38 bits per heavy atom. The number of rotatable bonds is 9. The van der Waals surface area contributed by atoms with Gasteiger partial charge in [0, 0.05) is 24.3 Å². The molecule has 0 fully saturated rings. The molecule has 1 aliphatic rings. The van der Waals surface area contributed by atoms with Crippen molar-refractivity contribution in [3.63, 3.8) is 0 Å².